The van der Waals surface area contributed by atoms with Crippen LogP contribution in [0.4, 0.5) is 4.79 Å². The summed E-state index contributed by atoms with van der Waals surface area (Å²) >= 11 is 1.39. The number of nitriles is 2. The maximum absolute atomic E-state index is 12.2. The van der Waals surface area contributed by atoms with E-state index in [0.29, 0.717) is 17.1 Å². The third-order valence-electron chi connectivity index (χ3n) is 3.06. The number of benzene rings is 1. The van der Waals surface area contributed by atoms with Gasteiger partial charge in [0.1, 0.15) is 23.3 Å². The number of ether oxygens (including phenoxy) is 1. The van der Waals surface area contributed by atoms with E-state index in [1.165, 1.54) is 11.8 Å². The lowest BCUT2D eigenvalue weighted by Crippen LogP contribution is -2.41. The highest BCUT2D eigenvalue weighted by molar-refractivity contribution is 8.03. The Morgan fingerprint density at radius 3 is 2.32 bits per heavy atom. The highest BCUT2D eigenvalue weighted by Crippen LogP contribution is 2.26. The lowest BCUT2D eigenvalue weighted by atomic mass is 10.0. The average Bonchev–Trinajstić information content (AvgIpc) is 2.53. The molecule has 0 spiro atoms. The summed E-state index contributed by atoms with van der Waals surface area (Å²) in [7, 11) is 0. The number of amides is 1. The molecule has 0 aliphatic carbocycles. The van der Waals surface area contributed by atoms with Crippen LogP contribution in [0.25, 0.3) is 0 Å². The SMILES string of the molecule is CCSC(=C(C#N)C#N)[C@H](Cc1ccccc1)NC(=O)OC(C)(C)C. The van der Waals surface area contributed by atoms with Gasteiger partial charge < -0.3 is 10.1 Å². The molecule has 0 aliphatic heterocycles. The van der Waals surface area contributed by atoms with Gasteiger partial charge in [0.05, 0.1) is 6.04 Å². The first-order valence-electron chi connectivity index (χ1n) is 8.01. The van der Waals surface area contributed by atoms with Crippen LogP contribution in [0.15, 0.2) is 40.8 Å². The second-order valence-electron chi connectivity index (χ2n) is 6.28. The summed E-state index contributed by atoms with van der Waals surface area (Å²) in [5.41, 5.74) is 0.382. The number of carbonyl (C=O) groups is 1. The number of nitrogens with zero attached hydrogens (tertiary/aromatic N) is 2. The fourth-order valence-corrected chi connectivity index (χ4v) is 3.04. The maximum Gasteiger partial charge on any atom is 0.408 e. The fourth-order valence-electron chi connectivity index (χ4n) is 2.15. The molecule has 0 heterocycles. The molecule has 0 unspecified atom stereocenters. The molecule has 0 fully saturated rings. The highest BCUT2D eigenvalue weighted by Gasteiger charge is 2.24. The molecule has 6 heteroatoms. The predicted octanol–water partition coefficient (Wildman–Crippen LogP) is 4.18. The summed E-state index contributed by atoms with van der Waals surface area (Å²) in [4.78, 5) is 12.8. The van der Waals surface area contributed by atoms with E-state index in [9.17, 15) is 15.3 Å². The van der Waals surface area contributed by atoms with Gasteiger partial charge in [0, 0.05) is 4.91 Å². The normalized spacial score (nSPS) is 11.6. The molecule has 1 aromatic carbocycles. The van der Waals surface area contributed by atoms with Crippen LogP contribution < -0.4 is 5.32 Å². The van der Waals surface area contributed by atoms with Crippen molar-refractivity contribution in [1.82, 2.24) is 5.32 Å². The van der Waals surface area contributed by atoms with Crippen LogP contribution in [0, 0.1) is 22.7 Å². The maximum atomic E-state index is 12.2. The summed E-state index contributed by atoms with van der Waals surface area (Å²) < 4.78 is 5.33. The number of nitrogens with one attached hydrogen (secondary N) is 1. The molecule has 1 rings (SSSR count). The molecule has 0 saturated heterocycles. The van der Waals surface area contributed by atoms with E-state index in [-0.39, 0.29) is 5.57 Å². The Kier molecular flexibility index (Phi) is 8.04. The van der Waals surface area contributed by atoms with Gasteiger partial charge in [-0.1, -0.05) is 37.3 Å². The van der Waals surface area contributed by atoms with Crippen molar-refractivity contribution in [2.24, 2.45) is 0 Å². The molecule has 1 aromatic rings. The fraction of sp³-hybridized carbons (Fsp3) is 0.421. The van der Waals surface area contributed by atoms with E-state index < -0.39 is 17.7 Å². The van der Waals surface area contributed by atoms with Gasteiger partial charge in [-0.3, -0.25) is 0 Å². The van der Waals surface area contributed by atoms with Crippen molar-refractivity contribution in [2.45, 2.75) is 45.8 Å². The number of thioether (sulfide) groups is 1. The zero-order valence-electron chi connectivity index (χ0n) is 15.0. The Hall–Kier alpha value is -2.44. The molecule has 132 valence electrons. The van der Waals surface area contributed by atoms with Crippen molar-refractivity contribution in [1.29, 1.82) is 10.5 Å². The van der Waals surface area contributed by atoms with Crippen LogP contribution in [-0.4, -0.2) is 23.5 Å². The van der Waals surface area contributed by atoms with Crippen molar-refractivity contribution in [3.8, 4) is 12.1 Å². The molecule has 1 amide bonds. The molecule has 0 radical (unpaired) electrons. The van der Waals surface area contributed by atoms with Crippen molar-refractivity contribution < 1.29 is 9.53 Å². The number of hydrogen-bond donors (Lipinski definition) is 1. The molecular formula is C19H23N3O2S. The second-order valence-corrected chi connectivity index (χ2v) is 7.59. The molecule has 0 bridgehead atoms. The van der Waals surface area contributed by atoms with Gasteiger partial charge in [0.2, 0.25) is 0 Å². The smallest absolute Gasteiger partial charge is 0.408 e. The minimum atomic E-state index is -0.629. The van der Waals surface area contributed by atoms with E-state index in [0.717, 1.165) is 5.56 Å². The first-order valence-corrected chi connectivity index (χ1v) is 8.99. The molecular weight excluding hydrogens is 334 g/mol. The van der Waals surface area contributed by atoms with Gasteiger partial charge >= 0.3 is 6.09 Å². The standard InChI is InChI=1S/C19H23N3O2S/c1-5-25-17(15(12-20)13-21)16(11-14-9-7-6-8-10-14)22-18(23)24-19(2,3)4/h6-10,16H,5,11H2,1-4H3,(H,22,23)/t16-/m0/s1. The Morgan fingerprint density at radius 1 is 1.24 bits per heavy atom. The lowest BCUT2D eigenvalue weighted by molar-refractivity contribution is 0.0513. The second kappa shape index (κ2) is 9.76. The summed E-state index contributed by atoms with van der Waals surface area (Å²) in [5.74, 6) is 0.684. The van der Waals surface area contributed by atoms with Gasteiger partial charge in [-0.25, -0.2) is 4.79 Å². The summed E-state index contributed by atoms with van der Waals surface area (Å²) in [6, 6.07) is 13.0. The Morgan fingerprint density at radius 2 is 1.84 bits per heavy atom. The summed E-state index contributed by atoms with van der Waals surface area (Å²) in [6.45, 7) is 7.29. The molecule has 0 aliphatic rings. The number of hydrogen-bond acceptors (Lipinski definition) is 5. The van der Waals surface area contributed by atoms with Gasteiger partial charge in [0.15, 0.2) is 0 Å². The quantitative estimate of drug-likeness (QED) is 0.772. The third-order valence-corrected chi connectivity index (χ3v) is 4.15. The number of allylic oxidation sites excluding steroid dienone is 1. The molecule has 25 heavy (non-hydrogen) atoms. The van der Waals surface area contributed by atoms with Crippen molar-refractivity contribution >= 4 is 17.9 Å². The van der Waals surface area contributed by atoms with Crippen molar-refractivity contribution in [3.63, 3.8) is 0 Å². The Bertz CT molecular complexity index is 678. The molecule has 1 N–H and O–H groups in total. The highest BCUT2D eigenvalue weighted by atomic mass is 32.2. The zero-order chi connectivity index (χ0) is 18.9. The molecule has 1 atom stereocenters. The first-order chi connectivity index (χ1) is 11.8. The first kappa shape index (κ1) is 20.6. The third kappa shape index (κ3) is 7.32. The zero-order valence-corrected chi connectivity index (χ0v) is 15.8. The van der Waals surface area contributed by atoms with Crippen LogP contribution in [-0.2, 0) is 11.2 Å². The van der Waals surface area contributed by atoms with Gasteiger partial charge in [-0.05, 0) is 38.5 Å². The Labute approximate surface area is 153 Å². The number of carbonyl (C=O) groups excluding carboxylic acids is 1. The molecule has 0 saturated carbocycles. The van der Waals surface area contributed by atoms with Gasteiger partial charge in [-0.15, -0.1) is 11.8 Å². The van der Waals surface area contributed by atoms with Crippen molar-refractivity contribution in [2.75, 3.05) is 5.75 Å². The predicted molar refractivity (Wildman–Crippen MR) is 99.7 cm³/mol. The molecule has 5 nitrogen and oxygen atoms in total. The number of rotatable bonds is 6. The average molecular weight is 357 g/mol. The van der Waals surface area contributed by atoms with Crippen LogP contribution in [0.5, 0.6) is 0 Å². The van der Waals surface area contributed by atoms with Crippen LogP contribution in [0.3, 0.4) is 0 Å². The topological polar surface area (TPSA) is 85.9 Å². The van der Waals surface area contributed by atoms with Gasteiger partial charge in [0.25, 0.3) is 0 Å². The van der Waals surface area contributed by atoms with Gasteiger partial charge in [-0.2, -0.15) is 10.5 Å². The number of alkyl carbamates (subject to hydrolysis) is 1. The summed E-state index contributed by atoms with van der Waals surface area (Å²) in [6.07, 6.45) is -0.104. The van der Waals surface area contributed by atoms with E-state index in [1.807, 2.05) is 49.4 Å². The monoisotopic (exact) mass is 357 g/mol. The summed E-state index contributed by atoms with van der Waals surface area (Å²) in [5, 5.41) is 21.4. The van der Waals surface area contributed by atoms with Crippen LogP contribution >= 0.6 is 11.8 Å². The van der Waals surface area contributed by atoms with Crippen molar-refractivity contribution in [3.05, 3.63) is 46.4 Å². The van der Waals surface area contributed by atoms with Crippen LogP contribution in [0.1, 0.15) is 33.3 Å². The van der Waals surface area contributed by atoms with E-state index in [2.05, 4.69) is 5.32 Å². The van der Waals surface area contributed by atoms with Crippen LogP contribution in [0.2, 0.25) is 0 Å². The Balaban J connectivity index is 3.17. The lowest BCUT2D eigenvalue weighted by Gasteiger charge is -2.25. The molecule has 0 aromatic heterocycles. The largest absolute Gasteiger partial charge is 0.444 e. The minimum absolute atomic E-state index is 0.0174. The van der Waals surface area contributed by atoms with E-state index >= 15 is 0 Å². The van der Waals surface area contributed by atoms with E-state index in [4.69, 9.17) is 4.74 Å². The van der Waals surface area contributed by atoms with E-state index in [1.54, 1.807) is 20.8 Å². The minimum Gasteiger partial charge on any atom is -0.444 e.